The van der Waals surface area contributed by atoms with E-state index in [0.717, 1.165) is 22.7 Å². The van der Waals surface area contributed by atoms with Crippen molar-refractivity contribution >= 4 is 38.9 Å². The molecule has 0 amide bonds. The molecule has 1 nitrogen and oxygen atoms in total. The second-order valence-corrected chi connectivity index (χ2v) is 7.35. The van der Waals surface area contributed by atoms with Crippen LogP contribution < -0.4 is 5.32 Å². The lowest BCUT2D eigenvalue weighted by atomic mass is 10.0. The van der Waals surface area contributed by atoms with Gasteiger partial charge in [0, 0.05) is 9.90 Å². The van der Waals surface area contributed by atoms with Crippen LogP contribution in [0.3, 0.4) is 0 Å². The van der Waals surface area contributed by atoms with E-state index in [1.807, 2.05) is 13.0 Å². The largest absolute Gasteiger partial charge is 0.306 e. The number of hydrogen-bond donors (Lipinski definition) is 1. The molecule has 0 aliphatic rings. The number of thiophene rings is 1. The molecule has 1 heterocycles. The summed E-state index contributed by atoms with van der Waals surface area (Å²) >= 11 is 11.8. The summed E-state index contributed by atoms with van der Waals surface area (Å²) < 4.78 is 1.19. The van der Waals surface area contributed by atoms with Crippen LogP contribution in [0.25, 0.3) is 0 Å². The molecule has 0 fully saturated rings. The van der Waals surface area contributed by atoms with Crippen LogP contribution >= 0.6 is 38.9 Å². The van der Waals surface area contributed by atoms with E-state index in [-0.39, 0.29) is 6.04 Å². The molecule has 0 aliphatic carbocycles. The van der Waals surface area contributed by atoms with Crippen molar-refractivity contribution in [1.29, 1.82) is 0 Å². The van der Waals surface area contributed by atoms with E-state index >= 15 is 0 Å². The second-order valence-electron chi connectivity index (χ2n) is 4.57. The predicted molar refractivity (Wildman–Crippen MR) is 88.5 cm³/mol. The summed E-state index contributed by atoms with van der Waals surface area (Å²) in [5, 5.41) is 4.39. The molecule has 1 unspecified atom stereocenters. The molecule has 1 N–H and O–H groups in total. The van der Waals surface area contributed by atoms with Crippen molar-refractivity contribution < 1.29 is 0 Å². The van der Waals surface area contributed by atoms with E-state index in [0.29, 0.717) is 0 Å². The Kier molecular flexibility index (Phi) is 5.07. The first-order valence-corrected chi connectivity index (χ1v) is 8.27. The van der Waals surface area contributed by atoms with Gasteiger partial charge in [0.15, 0.2) is 0 Å². The molecule has 0 saturated carbocycles. The molecule has 1 aromatic heterocycles. The van der Waals surface area contributed by atoms with Crippen LogP contribution in [-0.2, 0) is 0 Å². The molecule has 0 radical (unpaired) electrons. The van der Waals surface area contributed by atoms with Crippen molar-refractivity contribution in [3.8, 4) is 0 Å². The molecule has 2 rings (SSSR count). The summed E-state index contributed by atoms with van der Waals surface area (Å²) in [6.07, 6.45) is 0. The van der Waals surface area contributed by atoms with Gasteiger partial charge in [0.1, 0.15) is 0 Å². The van der Waals surface area contributed by atoms with Gasteiger partial charge in [-0.25, -0.2) is 0 Å². The molecule has 1 aromatic carbocycles. The normalized spacial score (nSPS) is 12.7. The second kappa shape index (κ2) is 6.40. The summed E-state index contributed by atoms with van der Waals surface area (Å²) in [4.78, 5) is 1.29. The van der Waals surface area contributed by atoms with Crippen LogP contribution in [0.4, 0.5) is 0 Å². The van der Waals surface area contributed by atoms with Gasteiger partial charge in [-0.2, -0.15) is 0 Å². The van der Waals surface area contributed by atoms with Gasteiger partial charge < -0.3 is 5.32 Å². The van der Waals surface area contributed by atoms with Crippen molar-refractivity contribution in [3.63, 3.8) is 0 Å². The number of nitrogens with one attached hydrogen (secondary N) is 1. The molecule has 19 heavy (non-hydrogen) atoms. The molecular formula is C15H17BrClNS. The third-order valence-electron chi connectivity index (χ3n) is 3.10. The van der Waals surface area contributed by atoms with Gasteiger partial charge in [0.2, 0.25) is 0 Å². The lowest BCUT2D eigenvalue weighted by Crippen LogP contribution is -2.21. The predicted octanol–water partition coefficient (Wildman–Crippen LogP) is 5.48. The number of hydrogen-bond acceptors (Lipinski definition) is 2. The lowest BCUT2D eigenvalue weighted by molar-refractivity contribution is 0.639. The smallest absolute Gasteiger partial charge is 0.0731 e. The number of benzene rings is 1. The first kappa shape index (κ1) is 15.0. The average molecular weight is 359 g/mol. The molecule has 0 saturated heterocycles. The fourth-order valence-corrected chi connectivity index (χ4v) is 3.99. The highest BCUT2D eigenvalue weighted by Gasteiger charge is 2.19. The van der Waals surface area contributed by atoms with Gasteiger partial charge in [-0.1, -0.05) is 36.7 Å². The van der Waals surface area contributed by atoms with Crippen LogP contribution in [-0.4, -0.2) is 6.54 Å². The summed E-state index contributed by atoms with van der Waals surface area (Å²) in [6, 6.07) is 8.60. The van der Waals surface area contributed by atoms with Crippen molar-refractivity contribution in [1.82, 2.24) is 5.32 Å². The van der Waals surface area contributed by atoms with Crippen molar-refractivity contribution in [3.05, 3.63) is 54.6 Å². The van der Waals surface area contributed by atoms with Gasteiger partial charge in [-0.15, -0.1) is 11.3 Å². The third-order valence-corrected chi connectivity index (χ3v) is 5.82. The zero-order chi connectivity index (χ0) is 14.0. The standard InChI is InChI=1S/C15H17BrClNS/c1-4-18-14(12-8-10(3)15(16)19-12)11-7-5-6-9(2)13(11)17/h5-8,14,18H,4H2,1-3H3. The Morgan fingerprint density at radius 3 is 2.63 bits per heavy atom. The number of halogens is 2. The van der Waals surface area contributed by atoms with E-state index in [1.165, 1.54) is 14.2 Å². The Morgan fingerprint density at radius 2 is 2.05 bits per heavy atom. The maximum absolute atomic E-state index is 6.47. The minimum atomic E-state index is 0.160. The third kappa shape index (κ3) is 3.22. The Labute approximate surface area is 132 Å². The molecule has 0 aliphatic heterocycles. The maximum Gasteiger partial charge on any atom is 0.0731 e. The zero-order valence-corrected chi connectivity index (χ0v) is 14.4. The van der Waals surface area contributed by atoms with E-state index < -0.39 is 0 Å². The monoisotopic (exact) mass is 357 g/mol. The number of rotatable bonds is 4. The van der Waals surface area contributed by atoms with E-state index in [4.69, 9.17) is 11.6 Å². The van der Waals surface area contributed by atoms with Crippen LogP contribution in [0.15, 0.2) is 28.1 Å². The molecule has 4 heteroatoms. The summed E-state index contributed by atoms with van der Waals surface area (Å²) in [7, 11) is 0. The minimum absolute atomic E-state index is 0.160. The van der Waals surface area contributed by atoms with Gasteiger partial charge in [-0.3, -0.25) is 0 Å². The summed E-state index contributed by atoms with van der Waals surface area (Å²) in [6.45, 7) is 7.19. The number of aryl methyl sites for hydroxylation is 2. The van der Waals surface area contributed by atoms with Crippen molar-refractivity contribution in [2.75, 3.05) is 6.54 Å². The van der Waals surface area contributed by atoms with Crippen LogP contribution in [0.2, 0.25) is 5.02 Å². The Balaban J connectivity index is 2.48. The van der Waals surface area contributed by atoms with Crippen LogP contribution in [0.5, 0.6) is 0 Å². The molecule has 0 spiro atoms. The molecule has 2 aromatic rings. The quantitative estimate of drug-likeness (QED) is 0.763. The van der Waals surface area contributed by atoms with Crippen LogP contribution in [0.1, 0.15) is 34.5 Å². The first-order chi connectivity index (χ1) is 9.04. The van der Waals surface area contributed by atoms with Crippen molar-refractivity contribution in [2.24, 2.45) is 0 Å². The summed E-state index contributed by atoms with van der Waals surface area (Å²) in [5.74, 6) is 0. The van der Waals surface area contributed by atoms with Gasteiger partial charge in [0.05, 0.1) is 9.83 Å². The van der Waals surface area contributed by atoms with Crippen molar-refractivity contribution in [2.45, 2.75) is 26.8 Å². The summed E-state index contributed by atoms with van der Waals surface area (Å²) in [5.41, 5.74) is 3.54. The van der Waals surface area contributed by atoms with E-state index in [9.17, 15) is 0 Å². The lowest BCUT2D eigenvalue weighted by Gasteiger charge is -2.19. The highest BCUT2D eigenvalue weighted by molar-refractivity contribution is 9.11. The SMILES string of the molecule is CCNC(c1cc(C)c(Br)s1)c1cccc(C)c1Cl. The van der Waals surface area contributed by atoms with E-state index in [2.05, 4.69) is 53.3 Å². The zero-order valence-electron chi connectivity index (χ0n) is 11.3. The Bertz CT molecular complexity index is 560. The average Bonchev–Trinajstić information content (AvgIpc) is 2.70. The Morgan fingerprint density at radius 1 is 1.32 bits per heavy atom. The first-order valence-electron chi connectivity index (χ1n) is 6.28. The topological polar surface area (TPSA) is 12.0 Å². The maximum atomic E-state index is 6.47. The molecule has 1 atom stereocenters. The highest BCUT2D eigenvalue weighted by atomic mass is 79.9. The molecular weight excluding hydrogens is 342 g/mol. The van der Waals surface area contributed by atoms with Crippen LogP contribution in [0, 0.1) is 13.8 Å². The van der Waals surface area contributed by atoms with Gasteiger partial charge >= 0.3 is 0 Å². The van der Waals surface area contributed by atoms with E-state index in [1.54, 1.807) is 11.3 Å². The fourth-order valence-electron chi connectivity index (χ4n) is 2.09. The van der Waals surface area contributed by atoms with Gasteiger partial charge in [0.25, 0.3) is 0 Å². The van der Waals surface area contributed by atoms with Gasteiger partial charge in [-0.05, 0) is 59.1 Å². The fraction of sp³-hybridized carbons (Fsp3) is 0.333. The molecule has 102 valence electrons. The minimum Gasteiger partial charge on any atom is -0.306 e. The Hall–Kier alpha value is -0.350. The molecule has 0 bridgehead atoms. The highest BCUT2D eigenvalue weighted by Crippen LogP contribution is 2.37.